The van der Waals surface area contributed by atoms with E-state index < -0.39 is 5.97 Å². The largest absolute Gasteiger partial charge is 0.550 e. The highest BCUT2D eigenvalue weighted by molar-refractivity contribution is 9.10. The number of carboxylic acids is 1. The molecule has 0 N–H and O–H groups in total. The van der Waals surface area contributed by atoms with Crippen LogP contribution in [0, 0.1) is 0 Å². The molecule has 0 radical (unpaired) electrons. The number of thiocarbonyl (C=S) groups is 1. The average molecular weight is 371 g/mol. The number of amides is 1. The van der Waals surface area contributed by atoms with Gasteiger partial charge in [0, 0.05) is 23.4 Å². The first-order chi connectivity index (χ1) is 9.49. The van der Waals surface area contributed by atoms with Crippen LogP contribution >= 0.6 is 39.9 Å². The zero-order valence-electron chi connectivity index (χ0n) is 10.2. The number of rotatable bonds is 4. The lowest BCUT2D eigenvalue weighted by atomic mass is 10.2. The van der Waals surface area contributed by atoms with Gasteiger partial charge in [0.2, 0.25) is 0 Å². The summed E-state index contributed by atoms with van der Waals surface area (Å²) in [6.07, 6.45) is 1.51. The van der Waals surface area contributed by atoms with Crippen molar-refractivity contribution in [1.82, 2.24) is 4.90 Å². The highest BCUT2D eigenvalue weighted by atomic mass is 79.9. The van der Waals surface area contributed by atoms with Crippen molar-refractivity contribution in [1.29, 1.82) is 0 Å². The first kappa shape index (κ1) is 15.2. The lowest BCUT2D eigenvalue weighted by Crippen LogP contribution is -2.33. The molecule has 1 aromatic carbocycles. The molecule has 0 unspecified atom stereocenters. The summed E-state index contributed by atoms with van der Waals surface area (Å²) in [6.45, 7) is 0.0420. The van der Waals surface area contributed by atoms with E-state index in [2.05, 4.69) is 15.9 Å². The summed E-state index contributed by atoms with van der Waals surface area (Å²) in [5, 5.41) is 10.5. The van der Waals surface area contributed by atoms with E-state index in [1.807, 2.05) is 24.3 Å². The number of carbonyl (C=O) groups excluding carboxylic acids is 2. The zero-order chi connectivity index (χ0) is 14.7. The lowest BCUT2D eigenvalue weighted by molar-refractivity contribution is -0.305. The Morgan fingerprint density at radius 2 is 2.15 bits per heavy atom. The number of benzene rings is 1. The van der Waals surface area contributed by atoms with Gasteiger partial charge in [-0.2, -0.15) is 0 Å². The van der Waals surface area contributed by atoms with Crippen molar-refractivity contribution >= 4 is 62.2 Å². The van der Waals surface area contributed by atoms with Gasteiger partial charge in [-0.3, -0.25) is 9.69 Å². The summed E-state index contributed by atoms with van der Waals surface area (Å²) in [5.41, 5.74) is 0.868. The monoisotopic (exact) mass is 370 g/mol. The SMILES string of the molecule is O=C([O-])CCN1C(=O)/C(=C/c2ccccc2Br)SC1=S. The van der Waals surface area contributed by atoms with Crippen molar-refractivity contribution in [2.75, 3.05) is 6.54 Å². The molecular formula is C13H9BrNO3S2-. The second-order valence-corrected chi connectivity index (χ2v) is 6.51. The van der Waals surface area contributed by atoms with Crippen LogP contribution in [0.4, 0.5) is 0 Å². The Hall–Kier alpha value is -1.18. The van der Waals surface area contributed by atoms with Crippen molar-refractivity contribution in [2.45, 2.75) is 6.42 Å². The fraction of sp³-hybridized carbons (Fsp3) is 0.154. The molecule has 2 rings (SSSR count). The molecule has 20 heavy (non-hydrogen) atoms. The molecule has 1 heterocycles. The van der Waals surface area contributed by atoms with Crippen molar-refractivity contribution in [2.24, 2.45) is 0 Å². The van der Waals surface area contributed by atoms with Crippen LogP contribution in [-0.4, -0.2) is 27.6 Å². The third-order valence-electron chi connectivity index (χ3n) is 2.60. The minimum atomic E-state index is -1.20. The molecule has 0 aromatic heterocycles. The topological polar surface area (TPSA) is 60.4 Å². The molecule has 1 aliphatic rings. The van der Waals surface area contributed by atoms with Crippen molar-refractivity contribution in [3.05, 3.63) is 39.2 Å². The van der Waals surface area contributed by atoms with Crippen LogP contribution in [0.3, 0.4) is 0 Å². The summed E-state index contributed by atoms with van der Waals surface area (Å²) in [4.78, 5) is 24.4. The van der Waals surface area contributed by atoms with Crippen LogP contribution < -0.4 is 5.11 Å². The van der Waals surface area contributed by atoms with Gasteiger partial charge in [0.1, 0.15) is 4.32 Å². The van der Waals surface area contributed by atoms with E-state index in [1.165, 1.54) is 16.7 Å². The maximum atomic E-state index is 12.2. The Morgan fingerprint density at radius 1 is 1.45 bits per heavy atom. The molecule has 1 fully saturated rings. The van der Waals surface area contributed by atoms with E-state index in [1.54, 1.807) is 6.08 Å². The maximum Gasteiger partial charge on any atom is 0.266 e. The molecule has 0 aliphatic carbocycles. The van der Waals surface area contributed by atoms with Gasteiger partial charge in [0.05, 0.1) is 4.91 Å². The molecule has 1 aliphatic heterocycles. The number of carbonyl (C=O) groups is 2. The highest BCUT2D eigenvalue weighted by Crippen LogP contribution is 2.33. The van der Waals surface area contributed by atoms with Gasteiger partial charge in [-0.05, 0) is 17.7 Å². The summed E-state index contributed by atoms with van der Waals surface area (Å²) in [7, 11) is 0. The van der Waals surface area contributed by atoms with Gasteiger partial charge in [-0.25, -0.2) is 0 Å². The van der Waals surface area contributed by atoms with E-state index in [4.69, 9.17) is 12.2 Å². The average Bonchev–Trinajstić information content (AvgIpc) is 2.65. The lowest BCUT2D eigenvalue weighted by Gasteiger charge is -2.14. The highest BCUT2D eigenvalue weighted by Gasteiger charge is 2.31. The molecule has 0 spiro atoms. The predicted molar refractivity (Wildman–Crippen MR) is 83.6 cm³/mol. The Labute approximate surface area is 134 Å². The second-order valence-electron chi connectivity index (χ2n) is 3.98. The zero-order valence-corrected chi connectivity index (χ0v) is 13.4. The number of halogens is 1. The van der Waals surface area contributed by atoms with Gasteiger partial charge >= 0.3 is 0 Å². The van der Waals surface area contributed by atoms with E-state index in [0.717, 1.165) is 10.0 Å². The molecule has 104 valence electrons. The molecule has 0 atom stereocenters. The fourth-order valence-corrected chi connectivity index (χ4v) is 3.33. The normalized spacial score (nSPS) is 17.1. The standard InChI is InChI=1S/C13H10BrNO3S2/c14-9-4-2-1-3-8(9)7-10-12(18)15(13(19)20-10)6-5-11(16)17/h1-4,7H,5-6H2,(H,16,17)/p-1/b10-7-. The quantitative estimate of drug-likeness (QED) is 0.597. The molecular weight excluding hydrogens is 362 g/mol. The van der Waals surface area contributed by atoms with E-state index >= 15 is 0 Å². The first-order valence-electron chi connectivity index (χ1n) is 5.69. The molecule has 7 heteroatoms. The summed E-state index contributed by atoms with van der Waals surface area (Å²) in [5.74, 6) is -1.47. The number of hydrogen-bond donors (Lipinski definition) is 0. The maximum absolute atomic E-state index is 12.2. The minimum absolute atomic E-state index is 0.0420. The van der Waals surface area contributed by atoms with E-state index in [-0.39, 0.29) is 18.9 Å². The van der Waals surface area contributed by atoms with Crippen LogP contribution in [0.15, 0.2) is 33.6 Å². The smallest absolute Gasteiger partial charge is 0.266 e. The number of thioether (sulfide) groups is 1. The number of carboxylic acid groups (broad SMARTS) is 1. The van der Waals surface area contributed by atoms with Gasteiger partial charge in [-0.1, -0.05) is 58.1 Å². The predicted octanol–water partition coefficient (Wildman–Crippen LogP) is 1.79. The molecule has 1 amide bonds. The first-order valence-corrected chi connectivity index (χ1v) is 7.70. The van der Waals surface area contributed by atoms with Crippen molar-refractivity contribution in [3.63, 3.8) is 0 Å². The molecule has 4 nitrogen and oxygen atoms in total. The van der Waals surface area contributed by atoms with Gasteiger partial charge < -0.3 is 9.90 Å². The Kier molecular flexibility index (Phi) is 4.95. The van der Waals surface area contributed by atoms with Gasteiger partial charge in [0.25, 0.3) is 5.91 Å². The second kappa shape index (κ2) is 6.51. The molecule has 0 saturated carbocycles. The fourth-order valence-electron chi connectivity index (χ4n) is 1.63. The van der Waals surface area contributed by atoms with Crippen LogP contribution in [0.5, 0.6) is 0 Å². The summed E-state index contributed by atoms with van der Waals surface area (Å²) in [6, 6.07) is 7.50. The third kappa shape index (κ3) is 3.47. The number of aliphatic carboxylic acids is 1. The van der Waals surface area contributed by atoms with E-state index in [9.17, 15) is 14.7 Å². The van der Waals surface area contributed by atoms with Crippen molar-refractivity contribution in [3.8, 4) is 0 Å². The summed E-state index contributed by atoms with van der Waals surface area (Å²) < 4.78 is 1.24. The molecule has 1 aromatic rings. The van der Waals surface area contributed by atoms with E-state index in [0.29, 0.717) is 9.23 Å². The van der Waals surface area contributed by atoms with Crippen molar-refractivity contribution < 1.29 is 14.7 Å². The molecule has 1 saturated heterocycles. The Morgan fingerprint density at radius 3 is 2.80 bits per heavy atom. The van der Waals surface area contributed by atoms with Crippen LogP contribution in [0.1, 0.15) is 12.0 Å². The minimum Gasteiger partial charge on any atom is -0.550 e. The summed E-state index contributed by atoms with van der Waals surface area (Å²) >= 11 is 9.68. The van der Waals surface area contributed by atoms with Gasteiger partial charge in [-0.15, -0.1) is 0 Å². The van der Waals surface area contributed by atoms with Crippen LogP contribution in [-0.2, 0) is 9.59 Å². The van der Waals surface area contributed by atoms with Crippen LogP contribution in [0.2, 0.25) is 0 Å². The number of nitrogens with zero attached hydrogens (tertiary/aromatic N) is 1. The Balaban J connectivity index is 2.19. The third-order valence-corrected chi connectivity index (χ3v) is 4.70. The Bertz CT molecular complexity index is 615. The molecule has 0 bridgehead atoms. The number of hydrogen-bond acceptors (Lipinski definition) is 5. The van der Waals surface area contributed by atoms with Gasteiger partial charge in [0.15, 0.2) is 0 Å². The van der Waals surface area contributed by atoms with Crippen LogP contribution in [0.25, 0.3) is 6.08 Å².